The van der Waals surface area contributed by atoms with Crippen molar-refractivity contribution >= 4 is 12.1 Å². The SMILES string of the molecule is Cc1ccc(C(C)C)c(OCC(=O)NN=Cc2ccc(-c3ccc(F)cc3)o2)c1. The van der Waals surface area contributed by atoms with Crippen LogP contribution in [0, 0.1) is 12.7 Å². The molecule has 3 aromatic rings. The van der Waals surface area contributed by atoms with Gasteiger partial charge in [0.05, 0.1) is 6.21 Å². The Kier molecular flexibility index (Phi) is 6.44. The molecule has 0 fully saturated rings. The zero-order valence-corrected chi connectivity index (χ0v) is 16.6. The minimum atomic E-state index is -0.372. The van der Waals surface area contributed by atoms with E-state index in [-0.39, 0.29) is 18.3 Å². The fourth-order valence-electron chi connectivity index (χ4n) is 2.78. The van der Waals surface area contributed by atoms with Gasteiger partial charge in [-0.1, -0.05) is 26.0 Å². The van der Waals surface area contributed by atoms with Crippen molar-refractivity contribution in [2.45, 2.75) is 26.7 Å². The minimum Gasteiger partial charge on any atom is -0.483 e. The van der Waals surface area contributed by atoms with Gasteiger partial charge in [-0.25, -0.2) is 9.82 Å². The van der Waals surface area contributed by atoms with E-state index in [1.807, 2.05) is 25.1 Å². The molecular weight excluding hydrogens is 371 g/mol. The van der Waals surface area contributed by atoms with Gasteiger partial charge in [0.1, 0.15) is 23.1 Å². The number of nitrogens with zero attached hydrogens (tertiary/aromatic N) is 1. The lowest BCUT2D eigenvalue weighted by atomic mass is 10.0. The molecular formula is C23H23FN2O3. The third-order valence-corrected chi connectivity index (χ3v) is 4.29. The van der Waals surface area contributed by atoms with Crippen LogP contribution in [0.1, 0.15) is 36.7 Å². The molecule has 5 nitrogen and oxygen atoms in total. The smallest absolute Gasteiger partial charge is 0.277 e. The first-order valence-electron chi connectivity index (χ1n) is 9.33. The Morgan fingerprint density at radius 3 is 2.66 bits per heavy atom. The predicted octanol–water partition coefficient (Wildman–Crippen LogP) is 5.05. The number of benzene rings is 2. The Morgan fingerprint density at radius 2 is 1.93 bits per heavy atom. The lowest BCUT2D eigenvalue weighted by Gasteiger charge is -2.14. The largest absolute Gasteiger partial charge is 0.483 e. The molecule has 0 aliphatic rings. The van der Waals surface area contributed by atoms with Crippen molar-refractivity contribution in [1.29, 1.82) is 0 Å². The monoisotopic (exact) mass is 394 g/mol. The van der Waals surface area contributed by atoms with Crippen LogP contribution in [0.2, 0.25) is 0 Å². The molecule has 150 valence electrons. The van der Waals surface area contributed by atoms with Crippen LogP contribution < -0.4 is 10.2 Å². The molecule has 1 aromatic heterocycles. The van der Waals surface area contributed by atoms with Crippen molar-refractivity contribution < 1.29 is 18.3 Å². The van der Waals surface area contributed by atoms with Gasteiger partial charge in [0.15, 0.2) is 6.61 Å². The fraction of sp³-hybridized carbons (Fsp3) is 0.217. The number of carbonyl (C=O) groups is 1. The van der Waals surface area contributed by atoms with E-state index in [1.165, 1.54) is 18.3 Å². The summed E-state index contributed by atoms with van der Waals surface area (Å²) in [5.74, 6) is 1.36. The van der Waals surface area contributed by atoms with Crippen molar-refractivity contribution in [3.8, 4) is 17.1 Å². The fourth-order valence-corrected chi connectivity index (χ4v) is 2.78. The molecule has 1 N–H and O–H groups in total. The Morgan fingerprint density at radius 1 is 1.17 bits per heavy atom. The van der Waals surface area contributed by atoms with E-state index in [0.717, 1.165) is 16.7 Å². The van der Waals surface area contributed by atoms with E-state index in [9.17, 15) is 9.18 Å². The zero-order chi connectivity index (χ0) is 20.8. The number of hydrazone groups is 1. The van der Waals surface area contributed by atoms with Crippen molar-refractivity contribution in [1.82, 2.24) is 5.43 Å². The molecule has 29 heavy (non-hydrogen) atoms. The highest BCUT2D eigenvalue weighted by atomic mass is 19.1. The van der Waals surface area contributed by atoms with Crippen molar-refractivity contribution in [3.05, 3.63) is 77.3 Å². The number of aryl methyl sites for hydroxylation is 1. The maximum absolute atomic E-state index is 13.0. The summed E-state index contributed by atoms with van der Waals surface area (Å²) >= 11 is 0. The molecule has 0 spiro atoms. The molecule has 0 radical (unpaired) electrons. The van der Waals surface area contributed by atoms with Crippen molar-refractivity contribution in [2.24, 2.45) is 5.10 Å². The molecule has 3 rings (SSSR count). The highest BCUT2D eigenvalue weighted by Gasteiger charge is 2.10. The number of rotatable bonds is 7. The first kappa shape index (κ1) is 20.3. The van der Waals surface area contributed by atoms with Gasteiger partial charge in [-0.3, -0.25) is 4.79 Å². The molecule has 0 aliphatic heterocycles. The highest BCUT2D eigenvalue weighted by Crippen LogP contribution is 2.27. The summed E-state index contributed by atoms with van der Waals surface area (Å²) in [6.07, 6.45) is 1.40. The quantitative estimate of drug-likeness (QED) is 0.451. The van der Waals surface area contributed by atoms with E-state index >= 15 is 0 Å². The van der Waals surface area contributed by atoms with E-state index < -0.39 is 0 Å². The van der Waals surface area contributed by atoms with Gasteiger partial charge in [0, 0.05) is 5.56 Å². The van der Waals surface area contributed by atoms with Gasteiger partial charge >= 0.3 is 0 Å². The number of amides is 1. The van der Waals surface area contributed by atoms with Gasteiger partial charge in [-0.15, -0.1) is 0 Å². The maximum atomic E-state index is 13.0. The number of halogens is 1. The van der Waals surface area contributed by atoms with Gasteiger partial charge in [-0.05, 0) is 66.4 Å². The van der Waals surface area contributed by atoms with Crippen LogP contribution in [-0.2, 0) is 4.79 Å². The average Bonchev–Trinajstić information content (AvgIpc) is 3.15. The lowest BCUT2D eigenvalue weighted by Crippen LogP contribution is -2.24. The molecule has 0 atom stereocenters. The van der Waals surface area contributed by atoms with E-state index in [2.05, 4.69) is 24.4 Å². The predicted molar refractivity (Wildman–Crippen MR) is 111 cm³/mol. The van der Waals surface area contributed by atoms with Crippen LogP contribution in [0.5, 0.6) is 5.75 Å². The van der Waals surface area contributed by atoms with Gasteiger partial charge in [0.25, 0.3) is 5.91 Å². The van der Waals surface area contributed by atoms with Crippen LogP contribution in [0.4, 0.5) is 4.39 Å². The van der Waals surface area contributed by atoms with Crippen LogP contribution in [-0.4, -0.2) is 18.7 Å². The van der Waals surface area contributed by atoms with E-state index in [0.29, 0.717) is 23.2 Å². The molecule has 0 saturated heterocycles. The summed E-state index contributed by atoms with van der Waals surface area (Å²) in [4.78, 5) is 12.0. The van der Waals surface area contributed by atoms with E-state index in [4.69, 9.17) is 9.15 Å². The first-order chi connectivity index (χ1) is 13.9. The maximum Gasteiger partial charge on any atom is 0.277 e. The number of carbonyl (C=O) groups excluding carboxylic acids is 1. The summed E-state index contributed by atoms with van der Waals surface area (Å²) in [5, 5.41) is 3.89. The molecule has 0 aliphatic carbocycles. The first-order valence-corrected chi connectivity index (χ1v) is 9.33. The van der Waals surface area contributed by atoms with Crippen LogP contribution in [0.15, 0.2) is 64.1 Å². The van der Waals surface area contributed by atoms with Crippen LogP contribution in [0.3, 0.4) is 0 Å². The minimum absolute atomic E-state index is 0.139. The molecule has 1 amide bonds. The van der Waals surface area contributed by atoms with Crippen molar-refractivity contribution in [3.63, 3.8) is 0 Å². The molecule has 6 heteroatoms. The Labute approximate surface area is 169 Å². The second-order valence-electron chi connectivity index (χ2n) is 6.99. The highest BCUT2D eigenvalue weighted by molar-refractivity contribution is 5.81. The summed E-state index contributed by atoms with van der Waals surface area (Å²) in [6, 6.07) is 15.4. The number of nitrogens with one attached hydrogen (secondary N) is 1. The number of furan rings is 1. The summed E-state index contributed by atoms with van der Waals surface area (Å²) in [5.41, 5.74) is 5.29. The second kappa shape index (κ2) is 9.19. The Balaban J connectivity index is 1.54. The average molecular weight is 394 g/mol. The zero-order valence-electron chi connectivity index (χ0n) is 16.6. The molecule has 2 aromatic carbocycles. The summed E-state index contributed by atoms with van der Waals surface area (Å²) < 4.78 is 24.3. The van der Waals surface area contributed by atoms with E-state index in [1.54, 1.807) is 24.3 Å². The third kappa shape index (κ3) is 5.54. The Hall–Kier alpha value is -3.41. The normalized spacial score (nSPS) is 11.2. The molecule has 0 bridgehead atoms. The third-order valence-electron chi connectivity index (χ3n) is 4.29. The van der Waals surface area contributed by atoms with Crippen LogP contribution in [0.25, 0.3) is 11.3 Å². The lowest BCUT2D eigenvalue weighted by molar-refractivity contribution is -0.123. The van der Waals surface area contributed by atoms with Gasteiger partial charge in [-0.2, -0.15) is 5.10 Å². The van der Waals surface area contributed by atoms with Gasteiger partial charge < -0.3 is 9.15 Å². The summed E-state index contributed by atoms with van der Waals surface area (Å²) in [6.45, 7) is 5.99. The Bertz CT molecular complexity index is 1010. The number of hydrogen-bond donors (Lipinski definition) is 1. The standard InChI is InChI=1S/C23H23FN2O3/c1-15(2)20-10-4-16(3)12-22(20)28-14-23(27)26-25-13-19-9-11-21(29-19)17-5-7-18(24)8-6-17/h4-13,15H,14H2,1-3H3,(H,26,27). The van der Waals surface area contributed by atoms with Crippen molar-refractivity contribution in [2.75, 3.05) is 6.61 Å². The second-order valence-corrected chi connectivity index (χ2v) is 6.99. The molecule has 0 saturated carbocycles. The topological polar surface area (TPSA) is 63.8 Å². The number of hydrogen-bond acceptors (Lipinski definition) is 4. The molecule has 1 heterocycles. The van der Waals surface area contributed by atoms with Gasteiger partial charge in [0.2, 0.25) is 0 Å². The van der Waals surface area contributed by atoms with Crippen LogP contribution >= 0.6 is 0 Å². The number of ether oxygens (including phenoxy) is 1. The summed E-state index contributed by atoms with van der Waals surface area (Å²) in [7, 11) is 0. The molecule has 0 unspecified atom stereocenters.